The highest BCUT2D eigenvalue weighted by atomic mass is 79.9. The molecular formula is C11H9Br3O3. The predicted octanol–water partition coefficient (Wildman–Crippen LogP) is 4.08. The van der Waals surface area contributed by atoms with Crippen LogP contribution in [0.2, 0.25) is 0 Å². The minimum Gasteiger partial charge on any atom is -0.488 e. The van der Waals surface area contributed by atoms with Crippen molar-refractivity contribution in [3.8, 4) is 5.75 Å². The van der Waals surface area contributed by atoms with Crippen LogP contribution in [-0.2, 0) is 9.53 Å². The average Bonchev–Trinajstić information content (AvgIpc) is 2.26. The fourth-order valence-corrected chi connectivity index (χ4v) is 3.50. The first-order valence-corrected chi connectivity index (χ1v) is 6.99. The Morgan fingerprint density at radius 1 is 1.24 bits per heavy atom. The van der Waals surface area contributed by atoms with Crippen molar-refractivity contribution in [2.24, 2.45) is 0 Å². The summed E-state index contributed by atoms with van der Waals surface area (Å²) in [6.07, 6.45) is 1.12. The van der Waals surface area contributed by atoms with E-state index in [1.54, 1.807) is 0 Å². The normalized spacial score (nSPS) is 9.82. The highest BCUT2D eigenvalue weighted by molar-refractivity contribution is 9.11. The summed E-state index contributed by atoms with van der Waals surface area (Å²) in [4.78, 5) is 10.8. The van der Waals surface area contributed by atoms with E-state index in [9.17, 15) is 4.79 Å². The molecule has 0 fully saturated rings. The van der Waals surface area contributed by atoms with Crippen LogP contribution in [0.5, 0.6) is 5.75 Å². The quantitative estimate of drug-likeness (QED) is 0.402. The summed E-state index contributed by atoms with van der Waals surface area (Å²) in [7, 11) is 0. The topological polar surface area (TPSA) is 35.5 Å². The van der Waals surface area contributed by atoms with E-state index in [1.165, 1.54) is 0 Å². The lowest BCUT2D eigenvalue weighted by atomic mass is 10.3. The van der Waals surface area contributed by atoms with E-state index in [1.807, 2.05) is 12.1 Å². The number of hydrogen-bond acceptors (Lipinski definition) is 3. The van der Waals surface area contributed by atoms with Crippen LogP contribution in [0.4, 0.5) is 0 Å². The molecule has 92 valence electrons. The van der Waals surface area contributed by atoms with Gasteiger partial charge in [0.25, 0.3) is 0 Å². The van der Waals surface area contributed by atoms with Gasteiger partial charge in [-0.25, -0.2) is 4.79 Å². The summed E-state index contributed by atoms with van der Waals surface area (Å²) in [6, 6.07) is 3.74. The fourth-order valence-electron chi connectivity index (χ4n) is 1.01. The van der Waals surface area contributed by atoms with Crippen molar-refractivity contribution >= 4 is 53.8 Å². The number of rotatable bonds is 5. The molecule has 0 bridgehead atoms. The second-order valence-electron chi connectivity index (χ2n) is 2.92. The number of benzene rings is 1. The Hall–Kier alpha value is -0.330. The largest absolute Gasteiger partial charge is 0.488 e. The first-order chi connectivity index (χ1) is 8.04. The minimum atomic E-state index is -0.456. The summed E-state index contributed by atoms with van der Waals surface area (Å²) in [5, 5.41) is 0. The van der Waals surface area contributed by atoms with Crippen molar-refractivity contribution in [3.63, 3.8) is 0 Å². The van der Waals surface area contributed by atoms with Gasteiger partial charge in [0.15, 0.2) is 0 Å². The van der Waals surface area contributed by atoms with Crippen molar-refractivity contribution in [1.82, 2.24) is 0 Å². The summed E-state index contributed by atoms with van der Waals surface area (Å²) >= 11 is 10.1. The van der Waals surface area contributed by atoms with Crippen molar-refractivity contribution in [2.75, 3.05) is 13.2 Å². The molecule has 1 rings (SSSR count). The van der Waals surface area contributed by atoms with Crippen LogP contribution in [0.25, 0.3) is 0 Å². The Kier molecular flexibility index (Phi) is 6.22. The van der Waals surface area contributed by atoms with Crippen LogP contribution in [0.1, 0.15) is 0 Å². The lowest BCUT2D eigenvalue weighted by molar-refractivity contribution is -0.138. The van der Waals surface area contributed by atoms with Gasteiger partial charge in [-0.1, -0.05) is 22.5 Å². The number of carbonyl (C=O) groups excluding carboxylic acids is 1. The molecule has 0 aliphatic carbocycles. The number of hydrogen-bond donors (Lipinski definition) is 0. The molecule has 3 nitrogen and oxygen atoms in total. The molecule has 0 saturated heterocycles. The molecule has 1 aromatic rings. The van der Waals surface area contributed by atoms with Gasteiger partial charge in [-0.05, 0) is 44.0 Å². The van der Waals surface area contributed by atoms with Gasteiger partial charge in [-0.3, -0.25) is 0 Å². The van der Waals surface area contributed by atoms with Gasteiger partial charge in [-0.15, -0.1) is 0 Å². The second-order valence-corrected chi connectivity index (χ2v) is 5.54. The zero-order valence-corrected chi connectivity index (χ0v) is 13.5. The molecule has 0 aromatic heterocycles. The lowest BCUT2D eigenvalue weighted by Gasteiger charge is -2.10. The molecule has 0 atom stereocenters. The van der Waals surface area contributed by atoms with Gasteiger partial charge in [0.2, 0.25) is 0 Å². The molecule has 0 unspecified atom stereocenters. The molecule has 0 aliphatic rings. The van der Waals surface area contributed by atoms with E-state index in [-0.39, 0.29) is 13.2 Å². The monoisotopic (exact) mass is 426 g/mol. The lowest BCUT2D eigenvalue weighted by Crippen LogP contribution is -2.10. The third kappa shape index (κ3) is 4.81. The van der Waals surface area contributed by atoms with Crippen molar-refractivity contribution < 1.29 is 14.3 Å². The zero-order valence-electron chi connectivity index (χ0n) is 8.71. The SMILES string of the molecule is C=CC(=O)OCCOc1c(Br)cc(Br)cc1Br. The maximum Gasteiger partial charge on any atom is 0.330 e. The Balaban J connectivity index is 2.52. The van der Waals surface area contributed by atoms with Crippen LogP contribution in [0.15, 0.2) is 38.2 Å². The number of halogens is 3. The molecule has 0 saturated carbocycles. The predicted molar refractivity (Wildman–Crippen MR) is 76.2 cm³/mol. The van der Waals surface area contributed by atoms with Crippen LogP contribution in [-0.4, -0.2) is 19.2 Å². The first kappa shape index (κ1) is 14.7. The third-order valence-corrected chi connectivity index (χ3v) is 3.34. The Labute approximate surface area is 125 Å². The van der Waals surface area contributed by atoms with Gasteiger partial charge < -0.3 is 9.47 Å². The molecule has 0 aliphatic heterocycles. The Morgan fingerprint density at radius 3 is 2.35 bits per heavy atom. The summed E-state index contributed by atoms with van der Waals surface area (Å²) in [5.41, 5.74) is 0. The molecule has 0 heterocycles. The van der Waals surface area contributed by atoms with Gasteiger partial charge >= 0.3 is 5.97 Å². The average molecular weight is 429 g/mol. The molecule has 1 aromatic carbocycles. The van der Waals surface area contributed by atoms with E-state index in [0.29, 0.717) is 5.75 Å². The van der Waals surface area contributed by atoms with Crippen molar-refractivity contribution in [3.05, 3.63) is 38.2 Å². The molecule has 0 amide bonds. The molecule has 0 N–H and O–H groups in total. The van der Waals surface area contributed by atoms with Crippen LogP contribution < -0.4 is 4.74 Å². The molecule has 6 heteroatoms. The van der Waals surface area contributed by atoms with E-state index >= 15 is 0 Å². The van der Waals surface area contributed by atoms with E-state index in [4.69, 9.17) is 9.47 Å². The first-order valence-electron chi connectivity index (χ1n) is 4.61. The van der Waals surface area contributed by atoms with E-state index in [0.717, 1.165) is 19.5 Å². The molecular weight excluding hydrogens is 420 g/mol. The second kappa shape index (κ2) is 7.18. The number of carbonyl (C=O) groups is 1. The molecule has 17 heavy (non-hydrogen) atoms. The number of ether oxygens (including phenoxy) is 2. The smallest absolute Gasteiger partial charge is 0.330 e. The van der Waals surface area contributed by atoms with Crippen LogP contribution in [0.3, 0.4) is 0 Å². The summed E-state index contributed by atoms with van der Waals surface area (Å²) < 4.78 is 12.8. The standard InChI is InChI=1S/C11H9Br3O3/c1-2-10(15)16-3-4-17-11-8(13)5-7(12)6-9(11)14/h2,5-6H,1,3-4H2. The molecule has 0 spiro atoms. The van der Waals surface area contributed by atoms with Gasteiger partial charge in [0.1, 0.15) is 19.0 Å². The van der Waals surface area contributed by atoms with E-state index < -0.39 is 5.97 Å². The maximum atomic E-state index is 10.8. The fraction of sp³-hybridized carbons (Fsp3) is 0.182. The summed E-state index contributed by atoms with van der Waals surface area (Å²) in [6.45, 7) is 3.76. The molecule has 0 radical (unpaired) electrons. The van der Waals surface area contributed by atoms with Crippen molar-refractivity contribution in [1.29, 1.82) is 0 Å². The third-order valence-electron chi connectivity index (χ3n) is 1.70. The van der Waals surface area contributed by atoms with Crippen LogP contribution in [0, 0.1) is 0 Å². The number of esters is 1. The van der Waals surface area contributed by atoms with Gasteiger partial charge in [0.05, 0.1) is 8.95 Å². The Morgan fingerprint density at radius 2 is 1.82 bits per heavy atom. The van der Waals surface area contributed by atoms with Crippen molar-refractivity contribution in [2.45, 2.75) is 0 Å². The summed E-state index contributed by atoms with van der Waals surface area (Å²) in [5.74, 6) is 0.213. The highest BCUT2D eigenvalue weighted by Crippen LogP contribution is 2.36. The van der Waals surface area contributed by atoms with Crippen LogP contribution >= 0.6 is 47.8 Å². The van der Waals surface area contributed by atoms with Gasteiger partial charge in [-0.2, -0.15) is 0 Å². The highest BCUT2D eigenvalue weighted by Gasteiger charge is 2.08. The van der Waals surface area contributed by atoms with E-state index in [2.05, 4.69) is 54.4 Å². The maximum absolute atomic E-state index is 10.8. The Bertz CT molecular complexity index is 409. The zero-order chi connectivity index (χ0) is 12.8. The van der Waals surface area contributed by atoms with Gasteiger partial charge in [0, 0.05) is 10.5 Å². The minimum absolute atomic E-state index is 0.180.